The number of rotatable bonds is 4. The number of fused-ring (bicyclic) bond motifs is 1. The van der Waals surface area contributed by atoms with Gasteiger partial charge in [0.15, 0.2) is 0 Å². The number of benzene rings is 1. The van der Waals surface area contributed by atoms with Gasteiger partial charge < -0.3 is 14.4 Å². The number of phenols is 1. The summed E-state index contributed by atoms with van der Waals surface area (Å²) in [7, 11) is 0. The van der Waals surface area contributed by atoms with Gasteiger partial charge in [-0.25, -0.2) is 0 Å². The van der Waals surface area contributed by atoms with Crippen molar-refractivity contribution in [3.63, 3.8) is 0 Å². The molecule has 0 unspecified atom stereocenters. The summed E-state index contributed by atoms with van der Waals surface area (Å²) < 4.78 is 7.57. The maximum absolute atomic E-state index is 9.49. The van der Waals surface area contributed by atoms with Crippen LogP contribution >= 0.6 is 0 Å². The van der Waals surface area contributed by atoms with Crippen LogP contribution in [-0.2, 0) is 17.9 Å². The number of hydrogen-bond acceptors (Lipinski definition) is 2. The molecule has 0 aliphatic heterocycles. The van der Waals surface area contributed by atoms with Crippen molar-refractivity contribution in [1.29, 1.82) is 0 Å². The lowest BCUT2D eigenvalue weighted by Crippen LogP contribution is -1.91. The topological polar surface area (TPSA) is 34.4 Å². The van der Waals surface area contributed by atoms with E-state index in [4.69, 9.17) is 4.74 Å². The predicted octanol–water partition coefficient (Wildman–Crippen LogP) is 2.90. The van der Waals surface area contributed by atoms with E-state index < -0.39 is 0 Å². The van der Waals surface area contributed by atoms with Crippen molar-refractivity contribution in [3.8, 4) is 5.75 Å². The highest BCUT2D eigenvalue weighted by Crippen LogP contribution is 2.25. The fourth-order valence-electron chi connectivity index (χ4n) is 1.95. The number of aryl methyl sites for hydroxylation is 1. The Labute approximate surface area is 95.3 Å². The number of ether oxygens (including phenoxy) is 1. The summed E-state index contributed by atoms with van der Waals surface area (Å²) in [6.07, 6.45) is 2.10. The van der Waals surface area contributed by atoms with Gasteiger partial charge >= 0.3 is 0 Å². The van der Waals surface area contributed by atoms with Crippen LogP contribution in [0, 0.1) is 0 Å². The summed E-state index contributed by atoms with van der Waals surface area (Å²) in [4.78, 5) is 0. The molecule has 1 aromatic carbocycles. The van der Waals surface area contributed by atoms with Crippen molar-refractivity contribution in [2.75, 3.05) is 6.61 Å². The lowest BCUT2D eigenvalue weighted by atomic mass is 10.2. The summed E-state index contributed by atoms with van der Waals surface area (Å²) in [5.74, 6) is 0.309. The van der Waals surface area contributed by atoms with Gasteiger partial charge in [0, 0.05) is 36.4 Å². The predicted molar refractivity (Wildman–Crippen MR) is 64.6 cm³/mol. The van der Waals surface area contributed by atoms with E-state index in [0.717, 1.165) is 24.1 Å². The van der Waals surface area contributed by atoms with E-state index in [0.29, 0.717) is 12.4 Å². The van der Waals surface area contributed by atoms with E-state index in [1.807, 2.05) is 13.0 Å². The Kier molecular flexibility index (Phi) is 3.15. The molecule has 0 fully saturated rings. The molecule has 3 nitrogen and oxygen atoms in total. The zero-order chi connectivity index (χ0) is 11.5. The van der Waals surface area contributed by atoms with Crippen LogP contribution in [0.3, 0.4) is 0 Å². The van der Waals surface area contributed by atoms with Gasteiger partial charge in [-0.2, -0.15) is 0 Å². The molecule has 0 amide bonds. The average Bonchev–Trinajstić information content (AvgIpc) is 2.63. The highest BCUT2D eigenvalue weighted by Gasteiger charge is 2.08. The quantitative estimate of drug-likeness (QED) is 0.858. The van der Waals surface area contributed by atoms with Crippen LogP contribution in [0.2, 0.25) is 0 Å². The third-order valence-corrected chi connectivity index (χ3v) is 2.75. The van der Waals surface area contributed by atoms with Crippen LogP contribution in [0.15, 0.2) is 24.4 Å². The zero-order valence-electron chi connectivity index (χ0n) is 9.73. The first-order valence-electron chi connectivity index (χ1n) is 5.64. The van der Waals surface area contributed by atoms with Gasteiger partial charge in [-0.3, -0.25) is 0 Å². The SMILES string of the molecule is CCOCc1cn(CC)c2cc(O)ccc12. The molecule has 86 valence electrons. The van der Waals surface area contributed by atoms with Gasteiger partial charge in [0.05, 0.1) is 12.1 Å². The number of phenolic OH excluding ortho intramolecular Hbond substituents is 1. The Morgan fingerprint density at radius 2 is 2.12 bits per heavy atom. The lowest BCUT2D eigenvalue weighted by Gasteiger charge is -2.00. The molecule has 0 radical (unpaired) electrons. The third kappa shape index (κ3) is 1.91. The summed E-state index contributed by atoms with van der Waals surface area (Å²) >= 11 is 0. The van der Waals surface area contributed by atoms with E-state index in [2.05, 4.69) is 17.7 Å². The fraction of sp³-hybridized carbons (Fsp3) is 0.385. The standard InChI is InChI=1S/C13H17NO2/c1-3-14-8-10(9-16-4-2)12-6-5-11(15)7-13(12)14/h5-8,15H,3-4,9H2,1-2H3. The normalized spacial score (nSPS) is 11.1. The van der Waals surface area contributed by atoms with Crippen LogP contribution in [0.5, 0.6) is 5.75 Å². The Morgan fingerprint density at radius 3 is 2.81 bits per heavy atom. The first kappa shape index (κ1) is 11.0. The van der Waals surface area contributed by atoms with Gasteiger partial charge in [-0.05, 0) is 26.0 Å². The first-order chi connectivity index (χ1) is 7.76. The zero-order valence-corrected chi connectivity index (χ0v) is 9.73. The highest BCUT2D eigenvalue weighted by molar-refractivity contribution is 5.85. The molecule has 16 heavy (non-hydrogen) atoms. The van der Waals surface area contributed by atoms with Gasteiger partial charge in [0.1, 0.15) is 5.75 Å². The molecule has 0 spiro atoms. The van der Waals surface area contributed by atoms with E-state index in [9.17, 15) is 5.11 Å². The number of aromatic nitrogens is 1. The van der Waals surface area contributed by atoms with Crippen LogP contribution < -0.4 is 0 Å². The van der Waals surface area contributed by atoms with Gasteiger partial charge in [0.25, 0.3) is 0 Å². The molecule has 0 saturated carbocycles. The van der Waals surface area contributed by atoms with Crippen molar-refractivity contribution < 1.29 is 9.84 Å². The van der Waals surface area contributed by atoms with E-state index in [1.54, 1.807) is 12.1 Å². The minimum Gasteiger partial charge on any atom is -0.508 e. The summed E-state index contributed by atoms with van der Waals surface area (Å²) in [5.41, 5.74) is 2.25. The summed E-state index contributed by atoms with van der Waals surface area (Å²) in [6.45, 7) is 6.33. The second-order valence-electron chi connectivity index (χ2n) is 3.78. The van der Waals surface area contributed by atoms with Gasteiger partial charge in [-0.15, -0.1) is 0 Å². The average molecular weight is 219 g/mol. The molecule has 1 heterocycles. The molecule has 0 atom stereocenters. The van der Waals surface area contributed by atoms with Crippen molar-refractivity contribution in [3.05, 3.63) is 30.0 Å². The van der Waals surface area contributed by atoms with Crippen molar-refractivity contribution in [2.24, 2.45) is 0 Å². The monoisotopic (exact) mass is 219 g/mol. The molecule has 0 bridgehead atoms. The van der Waals surface area contributed by atoms with Crippen molar-refractivity contribution in [2.45, 2.75) is 27.0 Å². The molecule has 1 N–H and O–H groups in total. The summed E-state index contributed by atoms with van der Waals surface area (Å²) in [5, 5.41) is 10.7. The van der Waals surface area contributed by atoms with E-state index in [-0.39, 0.29) is 0 Å². The molecule has 3 heteroatoms. The van der Waals surface area contributed by atoms with E-state index in [1.165, 1.54) is 5.56 Å². The maximum Gasteiger partial charge on any atom is 0.117 e. The Hall–Kier alpha value is -1.48. The van der Waals surface area contributed by atoms with E-state index >= 15 is 0 Å². The highest BCUT2D eigenvalue weighted by atomic mass is 16.5. The lowest BCUT2D eigenvalue weighted by molar-refractivity contribution is 0.135. The Balaban J connectivity index is 2.50. The summed E-state index contributed by atoms with van der Waals surface area (Å²) in [6, 6.07) is 5.47. The van der Waals surface area contributed by atoms with Crippen molar-refractivity contribution >= 4 is 10.9 Å². The molecular formula is C13H17NO2. The van der Waals surface area contributed by atoms with Gasteiger partial charge in [-0.1, -0.05) is 0 Å². The number of nitrogens with zero attached hydrogens (tertiary/aromatic N) is 1. The molecule has 2 rings (SSSR count). The maximum atomic E-state index is 9.49. The molecular weight excluding hydrogens is 202 g/mol. The van der Waals surface area contributed by atoms with Crippen molar-refractivity contribution in [1.82, 2.24) is 4.57 Å². The Morgan fingerprint density at radius 1 is 1.31 bits per heavy atom. The molecule has 1 aromatic heterocycles. The van der Waals surface area contributed by atoms with Crippen LogP contribution in [-0.4, -0.2) is 16.3 Å². The third-order valence-electron chi connectivity index (χ3n) is 2.75. The number of hydrogen-bond donors (Lipinski definition) is 1. The Bertz CT molecular complexity index is 488. The molecule has 2 aromatic rings. The van der Waals surface area contributed by atoms with Gasteiger partial charge in [0.2, 0.25) is 0 Å². The number of aromatic hydroxyl groups is 1. The van der Waals surface area contributed by atoms with Crippen LogP contribution in [0.4, 0.5) is 0 Å². The minimum atomic E-state index is 0.309. The minimum absolute atomic E-state index is 0.309. The fourth-order valence-corrected chi connectivity index (χ4v) is 1.95. The molecule has 0 aliphatic rings. The first-order valence-corrected chi connectivity index (χ1v) is 5.64. The second-order valence-corrected chi connectivity index (χ2v) is 3.78. The van der Waals surface area contributed by atoms with Crippen LogP contribution in [0.1, 0.15) is 19.4 Å². The second kappa shape index (κ2) is 4.58. The molecule has 0 saturated heterocycles. The van der Waals surface area contributed by atoms with Crippen LogP contribution in [0.25, 0.3) is 10.9 Å². The largest absolute Gasteiger partial charge is 0.508 e. The smallest absolute Gasteiger partial charge is 0.117 e. The molecule has 0 aliphatic carbocycles.